The van der Waals surface area contributed by atoms with Gasteiger partial charge < -0.3 is 20.5 Å². The van der Waals surface area contributed by atoms with Gasteiger partial charge in [-0.2, -0.15) is 26.3 Å². The number of hydrogen-bond donors (Lipinski definition) is 2. The first-order valence-corrected chi connectivity index (χ1v) is 9.37. The standard InChI is InChI=1S/C21H14F6N4O4/c1-34-17-12(20(22,23)24)3-4-14(35-11-2-5-15(30-9-11)21(25,26)27)16(17)19(33)31-10-6-7-29-13(8-10)18(28)32/h2-9H,1H3,(H2,28,32)(H,29,31,33). The average Bonchev–Trinajstić information content (AvgIpc) is 2.77. The fourth-order valence-electron chi connectivity index (χ4n) is 2.87. The first kappa shape index (κ1) is 25.3. The highest BCUT2D eigenvalue weighted by molar-refractivity contribution is 6.09. The number of aromatic nitrogens is 2. The number of ether oxygens (including phenoxy) is 2. The lowest BCUT2D eigenvalue weighted by Crippen LogP contribution is -2.19. The van der Waals surface area contributed by atoms with E-state index in [2.05, 4.69) is 15.3 Å². The van der Waals surface area contributed by atoms with E-state index in [1.54, 1.807) is 0 Å². The Bertz CT molecular complexity index is 1260. The second-order valence-electron chi connectivity index (χ2n) is 6.74. The maximum absolute atomic E-state index is 13.5. The van der Waals surface area contributed by atoms with Crippen molar-refractivity contribution in [2.45, 2.75) is 12.4 Å². The SMILES string of the molecule is COc1c(C(F)(F)F)ccc(Oc2ccc(C(F)(F)F)nc2)c1C(=O)Nc1ccnc(C(N)=O)c1. The van der Waals surface area contributed by atoms with Gasteiger partial charge in [-0.15, -0.1) is 0 Å². The molecular formula is C21H14F6N4O4. The molecule has 2 aromatic heterocycles. The van der Waals surface area contributed by atoms with Gasteiger partial charge in [0.05, 0.1) is 18.9 Å². The smallest absolute Gasteiger partial charge is 0.433 e. The predicted molar refractivity (Wildman–Crippen MR) is 108 cm³/mol. The third-order valence-electron chi connectivity index (χ3n) is 4.38. The highest BCUT2D eigenvalue weighted by Crippen LogP contribution is 2.43. The number of nitrogens with two attached hydrogens (primary N) is 1. The number of nitrogens with one attached hydrogen (secondary N) is 1. The quantitative estimate of drug-likeness (QED) is 0.476. The molecule has 3 N–H and O–H groups in total. The maximum atomic E-state index is 13.5. The van der Waals surface area contributed by atoms with Crippen molar-refractivity contribution in [3.05, 3.63) is 71.3 Å². The summed E-state index contributed by atoms with van der Waals surface area (Å²) in [6.45, 7) is 0. The lowest BCUT2D eigenvalue weighted by atomic mass is 10.1. The molecule has 0 bridgehead atoms. The molecule has 8 nitrogen and oxygen atoms in total. The molecule has 0 spiro atoms. The van der Waals surface area contributed by atoms with Crippen LogP contribution in [0.25, 0.3) is 0 Å². The zero-order valence-electron chi connectivity index (χ0n) is 17.5. The molecule has 0 saturated heterocycles. The Hall–Kier alpha value is -4.36. The fraction of sp³-hybridized carbons (Fsp3) is 0.143. The molecule has 3 rings (SSSR count). The van der Waals surface area contributed by atoms with E-state index in [9.17, 15) is 35.9 Å². The minimum absolute atomic E-state index is 0.0413. The van der Waals surface area contributed by atoms with E-state index in [0.29, 0.717) is 18.3 Å². The van der Waals surface area contributed by atoms with Gasteiger partial charge in [0.15, 0.2) is 0 Å². The molecule has 2 amide bonds. The number of carbonyl (C=O) groups excluding carboxylic acids is 2. The minimum atomic E-state index is -4.93. The number of anilines is 1. The Labute approximate surface area is 192 Å². The molecule has 0 saturated carbocycles. The lowest BCUT2D eigenvalue weighted by Gasteiger charge is -2.19. The molecule has 0 unspecified atom stereocenters. The lowest BCUT2D eigenvalue weighted by molar-refractivity contribution is -0.141. The number of halogens is 6. The summed E-state index contributed by atoms with van der Waals surface area (Å²) < 4.78 is 89.1. The van der Waals surface area contributed by atoms with Crippen LogP contribution >= 0.6 is 0 Å². The molecule has 0 aliphatic carbocycles. The van der Waals surface area contributed by atoms with Crippen molar-refractivity contribution in [1.82, 2.24) is 9.97 Å². The van der Waals surface area contributed by atoms with Crippen LogP contribution in [0.5, 0.6) is 17.2 Å². The van der Waals surface area contributed by atoms with Gasteiger partial charge in [-0.25, -0.2) is 4.98 Å². The zero-order valence-corrected chi connectivity index (χ0v) is 17.5. The minimum Gasteiger partial charge on any atom is -0.495 e. The first-order valence-electron chi connectivity index (χ1n) is 9.37. The van der Waals surface area contributed by atoms with Crippen LogP contribution in [0.1, 0.15) is 32.1 Å². The van der Waals surface area contributed by atoms with Crippen molar-refractivity contribution in [1.29, 1.82) is 0 Å². The van der Waals surface area contributed by atoms with Crippen LogP contribution in [0.3, 0.4) is 0 Å². The highest BCUT2D eigenvalue weighted by atomic mass is 19.4. The Kier molecular flexibility index (Phi) is 6.84. The number of alkyl halides is 6. The Balaban J connectivity index is 2.06. The molecule has 14 heteroatoms. The monoisotopic (exact) mass is 500 g/mol. The summed E-state index contributed by atoms with van der Waals surface area (Å²) in [5.74, 6) is -3.75. The van der Waals surface area contributed by atoms with Gasteiger partial charge in [-0.3, -0.25) is 14.6 Å². The van der Waals surface area contributed by atoms with Gasteiger partial charge in [-0.05, 0) is 36.4 Å². The summed E-state index contributed by atoms with van der Waals surface area (Å²) in [5.41, 5.74) is 1.60. The second-order valence-corrected chi connectivity index (χ2v) is 6.74. The van der Waals surface area contributed by atoms with Crippen LogP contribution in [0.2, 0.25) is 0 Å². The van der Waals surface area contributed by atoms with E-state index >= 15 is 0 Å². The number of carbonyl (C=O) groups is 2. The fourth-order valence-corrected chi connectivity index (χ4v) is 2.87. The van der Waals surface area contributed by atoms with Crippen LogP contribution in [0, 0.1) is 0 Å². The molecule has 0 aliphatic heterocycles. The van der Waals surface area contributed by atoms with Gasteiger partial charge in [-0.1, -0.05) is 0 Å². The Morgan fingerprint density at radius 1 is 0.971 bits per heavy atom. The van der Waals surface area contributed by atoms with Crippen LogP contribution in [-0.4, -0.2) is 28.9 Å². The first-order chi connectivity index (χ1) is 16.3. The van der Waals surface area contributed by atoms with Crippen LogP contribution in [-0.2, 0) is 12.4 Å². The molecule has 0 aliphatic rings. The van der Waals surface area contributed by atoms with Crippen molar-refractivity contribution in [3.8, 4) is 17.2 Å². The van der Waals surface area contributed by atoms with Gasteiger partial charge in [0.1, 0.15) is 34.2 Å². The molecule has 0 atom stereocenters. The Morgan fingerprint density at radius 3 is 2.23 bits per heavy atom. The summed E-state index contributed by atoms with van der Waals surface area (Å²) in [5, 5.41) is 2.28. The highest BCUT2D eigenvalue weighted by Gasteiger charge is 2.38. The number of pyridine rings is 2. The summed E-state index contributed by atoms with van der Waals surface area (Å²) in [4.78, 5) is 31.2. The number of rotatable bonds is 6. The van der Waals surface area contributed by atoms with Gasteiger partial charge >= 0.3 is 12.4 Å². The normalized spacial score (nSPS) is 11.6. The number of hydrogen-bond acceptors (Lipinski definition) is 6. The molecule has 1 aromatic carbocycles. The predicted octanol–water partition coefficient (Wildman–Crippen LogP) is 4.67. The summed E-state index contributed by atoms with van der Waals surface area (Å²) >= 11 is 0. The molecule has 0 fully saturated rings. The van der Waals surface area contributed by atoms with E-state index in [4.69, 9.17) is 15.2 Å². The van der Waals surface area contributed by atoms with Crippen molar-refractivity contribution in [2.24, 2.45) is 5.73 Å². The van der Waals surface area contributed by atoms with Crippen molar-refractivity contribution in [2.75, 3.05) is 12.4 Å². The Morgan fingerprint density at radius 2 is 1.69 bits per heavy atom. The second kappa shape index (κ2) is 9.48. The zero-order chi connectivity index (χ0) is 26.0. The van der Waals surface area contributed by atoms with Crippen molar-refractivity contribution < 1.29 is 45.4 Å². The van der Waals surface area contributed by atoms with Gasteiger partial charge in [0.2, 0.25) is 0 Å². The maximum Gasteiger partial charge on any atom is 0.433 e. The summed E-state index contributed by atoms with van der Waals surface area (Å²) in [7, 11) is 0.891. The summed E-state index contributed by atoms with van der Waals surface area (Å²) in [6, 6.07) is 5.19. The van der Waals surface area contributed by atoms with E-state index in [1.165, 1.54) is 6.07 Å². The number of amides is 2. The summed E-state index contributed by atoms with van der Waals surface area (Å²) in [6.07, 6.45) is -7.83. The van der Waals surface area contributed by atoms with E-state index in [1.807, 2.05) is 0 Å². The molecule has 0 radical (unpaired) electrons. The van der Waals surface area contributed by atoms with E-state index in [-0.39, 0.29) is 17.1 Å². The molecule has 2 heterocycles. The topological polar surface area (TPSA) is 116 Å². The van der Waals surface area contributed by atoms with Crippen LogP contribution < -0.4 is 20.5 Å². The molecule has 35 heavy (non-hydrogen) atoms. The largest absolute Gasteiger partial charge is 0.495 e. The van der Waals surface area contributed by atoms with Crippen LogP contribution in [0.15, 0.2) is 48.8 Å². The van der Waals surface area contributed by atoms with Gasteiger partial charge in [0.25, 0.3) is 11.8 Å². The number of primary amides is 1. The van der Waals surface area contributed by atoms with Gasteiger partial charge in [0, 0.05) is 11.9 Å². The third kappa shape index (κ3) is 5.77. The third-order valence-corrected chi connectivity index (χ3v) is 4.38. The van der Waals surface area contributed by atoms with Crippen molar-refractivity contribution in [3.63, 3.8) is 0 Å². The number of methoxy groups -OCH3 is 1. The van der Waals surface area contributed by atoms with E-state index < -0.39 is 52.5 Å². The average molecular weight is 500 g/mol. The van der Waals surface area contributed by atoms with Crippen LogP contribution in [0.4, 0.5) is 32.0 Å². The molecular weight excluding hydrogens is 486 g/mol. The molecule has 3 aromatic rings. The van der Waals surface area contributed by atoms with Crippen molar-refractivity contribution >= 4 is 17.5 Å². The number of benzene rings is 1. The van der Waals surface area contributed by atoms with E-state index in [0.717, 1.165) is 31.5 Å². The molecule has 184 valence electrons. The number of nitrogens with zero attached hydrogens (tertiary/aromatic N) is 2.